The molecule has 0 N–H and O–H groups in total. The molecule has 0 aliphatic carbocycles. The minimum atomic E-state index is -3.37. The molecule has 0 aromatic carbocycles. The number of carbonyl (C=O) groups is 1. The fourth-order valence-corrected chi connectivity index (χ4v) is 5.46. The summed E-state index contributed by atoms with van der Waals surface area (Å²) in [5.41, 5.74) is 0. The van der Waals surface area contributed by atoms with Gasteiger partial charge in [0.05, 0.1) is 6.42 Å². The second-order valence-electron chi connectivity index (χ2n) is 5.77. The van der Waals surface area contributed by atoms with Gasteiger partial charge in [0, 0.05) is 31.1 Å². The Morgan fingerprint density at radius 2 is 2.00 bits per heavy atom. The van der Waals surface area contributed by atoms with E-state index in [0.29, 0.717) is 17.3 Å². The van der Waals surface area contributed by atoms with Crippen molar-refractivity contribution >= 4 is 27.3 Å². The third-order valence-electron chi connectivity index (χ3n) is 4.27. The predicted molar refractivity (Wildman–Crippen MR) is 88.5 cm³/mol. The molecule has 1 amide bonds. The van der Waals surface area contributed by atoms with Crippen LogP contribution in [0.25, 0.3) is 0 Å². The molecule has 1 atom stereocenters. The predicted octanol–water partition coefficient (Wildman–Crippen LogP) is 2.33. The van der Waals surface area contributed by atoms with Gasteiger partial charge in [-0.3, -0.25) is 4.79 Å². The first-order chi connectivity index (χ1) is 10.4. The molecular weight excluding hydrogens is 320 g/mol. The fourth-order valence-electron chi connectivity index (χ4n) is 2.44. The van der Waals surface area contributed by atoms with Gasteiger partial charge < -0.3 is 4.90 Å². The number of carbonyl (C=O) groups excluding carboxylic acids is 1. The molecule has 1 aromatic heterocycles. The van der Waals surface area contributed by atoms with Crippen LogP contribution in [0.2, 0.25) is 0 Å². The van der Waals surface area contributed by atoms with Crippen LogP contribution in [-0.2, 0) is 21.2 Å². The van der Waals surface area contributed by atoms with E-state index < -0.39 is 10.0 Å². The zero-order valence-corrected chi connectivity index (χ0v) is 15.0. The van der Waals surface area contributed by atoms with Crippen molar-refractivity contribution in [2.24, 2.45) is 0 Å². The van der Waals surface area contributed by atoms with E-state index in [2.05, 4.69) is 0 Å². The lowest BCUT2D eigenvalue weighted by atomic mass is 10.2. The number of sulfonamides is 1. The highest BCUT2D eigenvalue weighted by Gasteiger charge is 2.28. The van der Waals surface area contributed by atoms with E-state index >= 15 is 0 Å². The zero-order valence-electron chi connectivity index (χ0n) is 13.4. The molecule has 1 aromatic rings. The average Bonchev–Trinajstić information content (AvgIpc) is 3.17. The molecule has 7 heteroatoms. The highest BCUT2D eigenvalue weighted by Crippen LogP contribution is 2.27. The molecule has 1 aliphatic heterocycles. The van der Waals surface area contributed by atoms with E-state index in [1.165, 1.54) is 15.6 Å². The third-order valence-corrected chi connectivity index (χ3v) is 7.72. The number of likely N-dealkylation sites (N-methyl/N-ethyl adjacent to an activating group) is 1. The van der Waals surface area contributed by atoms with Crippen LogP contribution >= 0.6 is 11.3 Å². The first-order valence-electron chi connectivity index (χ1n) is 7.70. The fraction of sp³-hybridized carbons (Fsp3) is 0.667. The smallest absolute Gasteiger partial charge is 0.252 e. The van der Waals surface area contributed by atoms with E-state index in [9.17, 15) is 13.2 Å². The van der Waals surface area contributed by atoms with Gasteiger partial charge in [0.25, 0.3) is 10.0 Å². The Morgan fingerprint density at radius 3 is 2.59 bits per heavy atom. The number of hydrogen-bond donors (Lipinski definition) is 0. The van der Waals surface area contributed by atoms with Crippen LogP contribution in [-0.4, -0.2) is 49.7 Å². The maximum Gasteiger partial charge on any atom is 0.252 e. The Balaban J connectivity index is 2.07. The summed E-state index contributed by atoms with van der Waals surface area (Å²) in [5, 5.41) is 0. The first-order valence-corrected chi connectivity index (χ1v) is 9.96. The van der Waals surface area contributed by atoms with Crippen LogP contribution in [0.3, 0.4) is 0 Å². The second kappa shape index (κ2) is 7.10. The monoisotopic (exact) mass is 344 g/mol. The standard InChI is InChI=1S/C15H24N2O3S2/c1-4-12(2)16(3)14(18)11-13-7-8-15(21-13)22(19,20)17-9-5-6-10-17/h7-8,12H,4-6,9-11H2,1-3H3. The van der Waals surface area contributed by atoms with E-state index in [1.807, 2.05) is 13.8 Å². The molecule has 0 spiro atoms. The highest BCUT2D eigenvalue weighted by molar-refractivity contribution is 7.91. The van der Waals surface area contributed by atoms with Gasteiger partial charge in [-0.15, -0.1) is 11.3 Å². The number of nitrogens with zero attached hydrogens (tertiary/aromatic N) is 2. The molecule has 1 unspecified atom stereocenters. The minimum Gasteiger partial charge on any atom is -0.343 e. The number of amides is 1. The molecule has 0 radical (unpaired) electrons. The number of rotatable bonds is 6. The summed E-state index contributed by atoms with van der Waals surface area (Å²) in [6.07, 6.45) is 3.02. The van der Waals surface area contributed by atoms with Crippen molar-refractivity contribution < 1.29 is 13.2 Å². The van der Waals surface area contributed by atoms with Crippen molar-refractivity contribution in [1.29, 1.82) is 0 Å². The minimum absolute atomic E-state index is 0.0290. The molecule has 0 bridgehead atoms. The van der Waals surface area contributed by atoms with E-state index in [1.54, 1.807) is 24.1 Å². The Bertz CT molecular complexity index is 618. The van der Waals surface area contributed by atoms with Gasteiger partial charge in [-0.05, 0) is 38.3 Å². The summed E-state index contributed by atoms with van der Waals surface area (Å²) in [5.74, 6) is 0.0290. The Morgan fingerprint density at radius 1 is 1.36 bits per heavy atom. The molecule has 2 rings (SSSR count). The lowest BCUT2D eigenvalue weighted by Gasteiger charge is -2.23. The maximum atomic E-state index is 12.5. The van der Waals surface area contributed by atoms with Crippen molar-refractivity contribution in [3.05, 3.63) is 17.0 Å². The van der Waals surface area contributed by atoms with Crippen molar-refractivity contribution in [3.8, 4) is 0 Å². The molecular formula is C15H24N2O3S2. The molecule has 5 nitrogen and oxygen atoms in total. The average molecular weight is 345 g/mol. The van der Waals surface area contributed by atoms with Crippen LogP contribution in [0.5, 0.6) is 0 Å². The first kappa shape index (κ1) is 17.4. The van der Waals surface area contributed by atoms with E-state index in [4.69, 9.17) is 0 Å². The summed E-state index contributed by atoms with van der Waals surface area (Å²) in [6.45, 7) is 5.26. The summed E-state index contributed by atoms with van der Waals surface area (Å²) in [6, 6.07) is 3.58. The SMILES string of the molecule is CCC(C)N(C)C(=O)Cc1ccc(S(=O)(=O)N2CCCC2)s1. The van der Waals surface area contributed by atoms with E-state index in [0.717, 1.165) is 24.1 Å². The Hall–Kier alpha value is -0.920. The van der Waals surface area contributed by atoms with Gasteiger partial charge in [-0.25, -0.2) is 8.42 Å². The largest absolute Gasteiger partial charge is 0.343 e. The Kier molecular flexibility index (Phi) is 5.63. The van der Waals surface area contributed by atoms with Crippen molar-refractivity contribution in [2.45, 2.75) is 49.8 Å². The number of thiophene rings is 1. The lowest BCUT2D eigenvalue weighted by molar-refractivity contribution is -0.130. The van der Waals surface area contributed by atoms with Crippen LogP contribution in [0.15, 0.2) is 16.3 Å². The van der Waals surface area contributed by atoms with Gasteiger partial charge in [0.1, 0.15) is 4.21 Å². The van der Waals surface area contributed by atoms with Gasteiger partial charge >= 0.3 is 0 Å². The molecule has 1 aliphatic rings. The van der Waals surface area contributed by atoms with Gasteiger partial charge in [0.15, 0.2) is 0 Å². The van der Waals surface area contributed by atoms with Crippen molar-refractivity contribution in [2.75, 3.05) is 20.1 Å². The lowest BCUT2D eigenvalue weighted by Crippen LogP contribution is -2.35. The summed E-state index contributed by atoms with van der Waals surface area (Å²) in [7, 11) is -1.57. The quantitative estimate of drug-likeness (QED) is 0.796. The zero-order chi connectivity index (χ0) is 16.3. The van der Waals surface area contributed by atoms with Crippen molar-refractivity contribution in [3.63, 3.8) is 0 Å². The van der Waals surface area contributed by atoms with Crippen LogP contribution in [0.1, 0.15) is 38.0 Å². The van der Waals surface area contributed by atoms with Gasteiger partial charge in [-0.2, -0.15) is 4.31 Å². The van der Waals surface area contributed by atoms with Crippen LogP contribution < -0.4 is 0 Å². The molecule has 1 saturated heterocycles. The van der Waals surface area contributed by atoms with Crippen molar-refractivity contribution in [1.82, 2.24) is 9.21 Å². The third kappa shape index (κ3) is 3.70. The normalized spacial score (nSPS) is 17.6. The van der Waals surface area contributed by atoms with E-state index in [-0.39, 0.29) is 18.4 Å². The van der Waals surface area contributed by atoms with Gasteiger partial charge in [0.2, 0.25) is 5.91 Å². The topological polar surface area (TPSA) is 57.7 Å². The Labute approximate surface area is 137 Å². The molecule has 2 heterocycles. The van der Waals surface area contributed by atoms with Crippen LogP contribution in [0.4, 0.5) is 0 Å². The summed E-state index contributed by atoms with van der Waals surface area (Å²) < 4.78 is 26.8. The maximum absolute atomic E-state index is 12.5. The van der Waals surface area contributed by atoms with Crippen LogP contribution in [0, 0.1) is 0 Å². The second-order valence-corrected chi connectivity index (χ2v) is 9.10. The van der Waals surface area contributed by atoms with Gasteiger partial charge in [-0.1, -0.05) is 6.92 Å². The molecule has 124 valence electrons. The summed E-state index contributed by atoms with van der Waals surface area (Å²) in [4.78, 5) is 14.7. The highest BCUT2D eigenvalue weighted by atomic mass is 32.2. The summed E-state index contributed by atoms with van der Waals surface area (Å²) >= 11 is 1.21. The molecule has 1 fully saturated rings. The number of hydrogen-bond acceptors (Lipinski definition) is 4. The molecule has 22 heavy (non-hydrogen) atoms. The molecule has 0 saturated carbocycles.